The van der Waals surface area contributed by atoms with Crippen LogP contribution >= 0.6 is 0 Å². The number of aliphatic hydroxyl groups is 1. The maximum atomic E-state index is 10.1. The molecule has 8 heavy (non-hydrogen) atoms. The fraction of sp³-hybridized carbons (Fsp3) is 0.250. The smallest absolute Gasteiger partial charge is 0.326 e. The van der Waals surface area contributed by atoms with Gasteiger partial charge in [-0.2, -0.15) is 0 Å². The molecule has 44 valence electrons. The van der Waals surface area contributed by atoms with Gasteiger partial charge in [-0.1, -0.05) is 0 Å². The van der Waals surface area contributed by atoms with Crippen LogP contribution in [-0.4, -0.2) is 17.7 Å². The Morgan fingerprint density at radius 1 is 1.75 bits per heavy atom. The van der Waals surface area contributed by atoms with Crippen LogP contribution in [0.5, 0.6) is 0 Å². The second-order valence-corrected chi connectivity index (χ2v) is 1.35. The molecule has 0 amide bonds. The van der Waals surface area contributed by atoms with E-state index < -0.39 is 17.5 Å². The van der Waals surface area contributed by atoms with Crippen LogP contribution in [0.2, 0.25) is 0 Å². The van der Waals surface area contributed by atoms with Crippen LogP contribution in [0, 0.1) is 0 Å². The van der Waals surface area contributed by atoms with E-state index in [4.69, 9.17) is 5.11 Å². The molecule has 1 aliphatic heterocycles. The predicted octanol–water partition coefficient (Wildman–Crippen LogP) is -1.33. The van der Waals surface area contributed by atoms with E-state index in [0.29, 0.717) is 0 Å². The second kappa shape index (κ2) is 1.40. The van der Waals surface area contributed by atoms with Gasteiger partial charge in [-0.3, -0.25) is 0 Å². The third-order valence-electron chi connectivity index (χ3n) is 0.787. The van der Waals surface area contributed by atoms with Gasteiger partial charge in [0.25, 0.3) is 0 Å². The van der Waals surface area contributed by atoms with E-state index in [1.165, 1.54) is 0 Å². The maximum absolute atomic E-state index is 10.1. The standard InChI is InChI=1S/C4H4O4/c5-2-1-8-4(7)3(2)6/h5-6H,1H2/p-1. The molecule has 1 N–H and O–H groups in total. The van der Waals surface area contributed by atoms with E-state index in [1.54, 1.807) is 0 Å². The summed E-state index contributed by atoms with van der Waals surface area (Å²) >= 11 is 0. The summed E-state index contributed by atoms with van der Waals surface area (Å²) in [5.41, 5.74) is 0. The zero-order valence-electron chi connectivity index (χ0n) is 3.88. The van der Waals surface area contributed by atoms with Crippen molar-refractivity contribution in [3.8, 4) is 0 Å². The number of cyclic esters (lactones) is 1. The first-order chi connectivity index (χ1) is 3.72. The van der Waals surface area contributed by atoms with Crippen LogP contribution in [0.1, 0.15) is 0 Å². The van der Waals surface area contributed by atoms with Crippen molar-refractivity contribution in [1.82, 2.24) is 0 Å². The highest BCUT2D eigenvalue weighted by atomic mass is 16.6. The second-order valence-electron chi connectivity index (χ2n) is 1.35. The number of hydrogen-bond acceptors (Lipinski definition) is 4. The zero-order valence-corrected chi connectivity index (χ0v) is 3.88. The molecule has 0 aromatic carbocycles. The Labute approximate surface area is 45.0 Å². The lowest BCUT2D eigenvalue weighted by molar-refractivity contribution is -0.303. The molecule has 0 aromatic heterocycles. The number of carbonyl (C=O) groups is 1. The van der Waals surface area contributed by atoms with Crippen LogP contribution in [0.15, 0.2) is 11.5 Å². The first-order valence-electron chi connectivity index (χ1n) is 1.98. The first kappa shape index (κ1) is 4.96. The molecule has 0 bridgehead atoms. The van der Waals surface area contributed by atoms with Crippen LogP contribution in [-0.2, 0) is 9.53 Å². The normalized spacial score (nSPS) is 19.2. The van der Waals surface area contributed by atoms with Crippen LogP contribution in [0.4, 0.5) is 0 Å². The number of esters is 1. The monoisotopic (exact) mass is 115 g/mol. The van der Waals surface area contributed by atoms with Crippen molar-refractivity contribution in [3.63, 3.8) is 0 Å². The zero-order chi connectivity index (χ0) is 6.15. The molecular formula is C4H3O4-. The van der Waals surface area contributed by atoms with Crippen molar-refractivity contribution in [2.75, 3.05) is 6.61 Å². The molecule has 0 saturated carbocycles. The molecular weight excluding hydrogens is 112 g/mol. The molecule has 0 saturated heterocycles. The van der Waals surface area contributed by atoms with Gasteiger partial charge < -0.3 is 14.9 Å². The molecule has 4 heteroatoms. The molecule has 1 aliphatic rings. The summed E-state index contributed by atoms with van der Waals surface area (Å²) in [5.74, 6) is -2.40. The van der Waals surface area contributed by atoms with Crippen LogP contribution in [0.3, 0.4) is 0 Å². The van der Waals surface area contributed by atoms with E-state index in [0.717, 1.165) is 0 Å². The highest BCUT2D eigenvalue weighted by molar-refractivity contribution is 5.87. The van der Waals surface area contributed by atoms with Crippen molar-refractivity contribution in [2.45, 2.75) is 0 Å². The lowest BCUT2D eigenvalue weighted by Crippen LogP contribution is -2.12. The van der Waals surface area contributed by atoms with Crippen molar-refractivity contribution in [1.29, 1.82) is 0 Å². The molecule has 0 aromatic rings. The van der Waals surface area contributed by atoms with Gasteiger partial charge in [-0.15, -0.1) is 0 Å². The fourth-order valence-electron chi connectivity index (χ4n) is 0.383. The molecule has 0 aliphatic carbocycles. The van der Waals surface area contributed by atoms with Gasteiger partial charge in [0, 0.05) is 5.76 Å². The molecule has 0 fully saturated rings. The molecule has 0 radical (unpaired) electrons. The maximum Gasteiger partial charge on any atom is 0.326 e. The summed E-state index contributed by atoms with van der Waals surface area (Å²) in [7, 11) is 0. The van der Waals surface area contributed by atoms with E-state index in [-0.39, 0.29) is 6.61 Å². The van der Waals surface area contributed by atoms with Crippen molar-refractivity contribution in [3.05, 3.63) is 11.5 Å². The summed E-state index contributed by atoms with van der Waals surface area (Å²) in [6, 6.07) is 0. The number of hydrogen-bond donors (Lipinski definition) is 1. The Balaban J connectivity index is 2.86. The van der Waals surface area contributed by atoms with E-state index in [2.05, 4.69) is 4.74 Å². The minimum Gasteiger partial charge on any atom is -0.865 e. The minimum atomic E-state index is -0.970. The average molecular weight is 115 g/mol. The van der Waals surface area contributed by atoms with E-state index >= 15 is 0 Å². The summed E-state index contributed by atoms with van der Waals surface area (Å²) in [5, 5.41) is 18.5. The van der Waals surface area contributed by atoms with Gasteiger partial charge >= 0.3 is 5.97 Å². The minimum absolute atomic E-state index is 0.266. The molecule has 4 nitrogen and oxygen atoms in total. The van der Waals surface area contributed by atoms with Crippen molar-refractivity contribution in [2.24, 2.45) is 0 Å². The third kappa shape index (κ3) is 0.501. The number of ether oxygens (including phenoxy) is 1. The fourth-order valence-corrected chi connectivity index (χ4v) is 0.383. The number of aliphatic hydroxyl groups excluding tert-OH is 1. The van der Waals surface area contributed by atoms with Crippen LogP contribution < -0.4 is 5.11 Å². The summed E-state index contributed by atoms with van der Waals surface area (Å²) < 4.78 is 4.10. The highest BCUT2D eigenvalue weighted by Gasteiger charge is 2.14. The van der Waals surface area contributed by atoms with Crippen molar-refractivity contribution >= 4 is 5.97 Å². The Hall–Kier alpha value is -1.19. The molecule has 0 spiro atoms. The largest absolute Gasteiger partial charge is 0.865 e. The Morgan fingerprint density at radius 2 is 2.38 bits per heavy atom. The lowest BCUT2D eigenvalue weighted by atomic mass is 10.5. The Bertz CT molecular complexity index is 157. The van der Waals surface area contributed by atoms with E-state index in [9.17, 15) is 9.90 Å². The number of carbonyl (C=O) groups excluding carboxylic acids is 1. The van der Waals surface area contributed by atoms with Crippen molar-refractivity contribution < 1.29 is 19.7 Å². The average Bonchev–Trinajstić information content (AvgIpc) is 1.98. The lowest BCUT2D eigenvalue weighted by Gasteiger charge is -1.97. The summed E-state index contributed by atoms with van der Waals surface area (Å²) in [4.78, 5) is 10.0. The highest BCUT2D eigenvalue weighted by Crippen LogP contribution is 2.05. The third-order valence-corrected chi connectivity index (χ3v) is 0.787. The molecule has 1 heterocycles. The topological polar surface area (TPSA) is 69.6 Å². The summed E-state index contributed by atoms with van der Waals surface area (Å²) in [6.07, 6.45) is 0. The molecule has 0 unspecified atom stereocenters. The Morgan fingerprint density at radius 3 is 2.50 bits per heavy atom. The molecule has 0 atom stereocenters. The number of rotatable bonds is 0. The van der Waals surface area contributed by atoms with Gasteiger partial charge in [0.1, 0.15) is 12.4 Å². The molecule has 1 rings (SSSR count). The predicted molar refractivity (Wildman–Crippen MR) is 20.6 cm³/mol. The van der Waals surface area contributed by atoms with Crippen LogP contribution in [0.25, 0.3) is 0 Å². The van der Waals surface area contributed by atoms with E-state index in [1.807, 2.05) is 0 Å². The van der Waals surface area contributed by atoms with Gasteiger partial charge in [0.05, 0.1) is 0 Å². The Kier molecular flexibility index (Phi) is 0.865. The van der Waals surface area contributed by atoms with Gasteiger partial charge in [-0.25, -0.2) is 4.79 Å². The van der Waals surface area contributed by atoms with Gasteiger partial charge in [-0.05, 0) is 0 Å². The first-order valence-corrected chi connectivity index (χ1v) is 1.98. The SMILES string of the molecule is O=C1OCC(O)=C1[O-]. The van der Waals surface area contributed by atoms with Gasteiger partial charge in [0.2, 0.25) is 0 Å². The quantitative estimate of drug-likeness (QED) is 0.397. The van der Waals surface area contributed by atoms with Gasteiger partial charge in [0.15, 0.2) is 0 Å². The summed E-state index contributed by atoms with van der Waals surface area (Å²) in [6.45, 7) is -0.266.